The summed E-state index contributed by atoms with van der Waals surface area (Å²) in [6, 6.07) is 16.7. The minimum atomic E-state index is -0.161. The van der Waals surface area contributed by atoms with Gasteiger partial charge in [-0.1, -0.05) is 24.3 Å². The lowest BCUT2D eigenvalue weighted by Gasteiger charge is -2.38. The summed E-state index contributed by atoms with van der Waals surface area (Å²) < 4.78 is 5.71. The molecule has 0 saturated carbocycles. The Morgan fingerprint density at radius 3 is 2.84 bits per heavy atom. The van der Waals surface area contributed by atoms with Crippen LogP contribution in [0.2, 0.25) is 0 Å². The molecule has 1 fully saturated rings. The maximum atomic E-state index is 12.5. The van der Waals surface area contributed by atoms with Crippen molar-refractivity contribution in [2.45, 2.75) is 6.10 Å². The first-order valence-corrected chi connectivity index (χ1v) is 7.91. The van der Waals surface area contributed by atoms with Crippen molar-refractivity contribution < 1.29 is 9.53 Å². The van der Waals surface area contributed by atoms with Gasteiger partial charge < -0.3 is 9.64 Å². The number of amides is 1. The van der Waals surface area contributed by atoms with Crippen LogP contribution in [0.25, 0.3) is 10.9 Å². The molecule has 0 spiro atoms. The van der Waals surface area contributed by atoms with E-state index >= 15 is 0 Å². The van der Waals surface area contributed by atoms with Crippen molar-refractivity contribution in [3.05, 3.63) is 66.0 Å². The number of hydrogen-bond acceptors (Lipinski definition) is 5. The number of carbonyl (C=O) groups excluding carboxylic acids is 1. The average molecular weight is 330 g/mol. The molecule has 1 saturated heterocycles. The van der Waals surface area contributed by atoms with E-state index in [0.29, 0.717) is 30.2 Å². The highest BCUT2D eigenvalue weighted by Crippen LogP contribution is 2.21. The van der Waals surface area contributed by atoms with E-state index in [1.54, 1.807) is 29.3 Å². The van der Waals surface area contributed by atoms with Crippen molar-refractivity contribution in [2.75, 3.05) is 13.1 Å². The van der Waals surface area contributed by atoms with E-state index in [-0.39, 0.29) is 12.0 Å². The second-order valence-electron chi connectivity index (χ2n) is 5.81. The molecule has 1 aliphatic heterocycles. The van der Waals surface area contributed by atoms with Crippen LogP contribution in [0.4, 0.5) is 0 Å². The SMILES string of the molecule is N#Cc1cccnc1OC1CN(C(=O)c2ccc3ccccc3n2)C1. The Kier molecular flexibility index (Phi) is 3.75. The zero-order chi connectivity index (χ0) is 17.2. The third-order valence-corrected chi connectivity index (χ3v) is 4.12. The van der Waals surface area contributed by atoms with Gasteiger partial charge >= 0.3 is 0 Å². The van der Waals surface area contributed by atoms with Gasteiger partial charge in [0.1, 0.15) is 23.4 Å². The van der Waals surface area contributed by atoms with E-state index in [1.807, 2.05) is 36.4 Å². The first-order chi connectivity index (χ1) is 12.2. The minimum absolute atomic E-state index is 0.118. The molecule has 3 aromatic rings. The van der Waals surface area contributed by atoms with Crippen LogP contribution >= 0.6 is 0 Å². The molecule has 0 aliphatic carbocycles. The van der Waals surface area contributed by atoms with E-state index in [2.05, 4.69) is 9.97 Å². The van der Waals surface area contributed by atoms with Gasteiger partial charge in [-0.3, -0.25) is 4.79 Å². The number of carbonyl (C=O) groups is 1. The van der Waals surface area contributed by atoms with Crippen LogP contribution in [-0.4, -0.2) is 40.0 Å². The van der Waals surface area contributed by atoms with Crippen molar-refractivity contribution in [2.24, 2.45) is 0 Å². The Balaban J connectivity index is 1.43. The fraction of sp³-hybridized carbons (Fsp3) is 0.158. The van der Waals surface area contributed by atoms with Gasteiger partial charge in [0.25, 0.3) is 5.91 Å². The molecule has 4 rings (SSSR count). The zero-order valence-electron chi connectivity index (χ0n) is 13.3. The molecule has 2 aromatic heterocycles. The van der Waals surface area contributed by atoms with E-state index in [4.69, 9.17) is 10.00 Å². The summed E-state index contributed by atoms with van der Waals surface area (Å²) in [6.07, 6.45) is 1.42. The van der Waals surface area contributed by atoms with Crippen LogP contribution in [0.15, 0.2) is 54.7 Å². The second-order valence-corrected chi connectivity index (χ2v) is 5.81. The van der Waals surface area contributed by atoms with E-state index in [0.717, 1.165) is 10.9 Å². The number of nitrogens with zero attached hydrogens (tertiary/aromatic N) is 4. The van der Waals surface area contributed by atoms with Gasteiger partial charge in [-0.25, -0.2) is 9.97 Å². The van der Waals surface area contributed by atoms with Gasteiger partial charge in [0, 0.05) is 11.6 Å². The molecule has 0 radical (unpaired) electrons. The number of hydrogen-bond donors (Lipinski definition) is 0. The predicted molar refractivity (Wildman–Crippen MR) is 91.0 cm³/mol. The van der Waals surface area contributed by atoms with Crippen LogP contribution in [-0.2, 0) is 0 Å². The van der Waals surface area contributed by atoms with Crippen LogP contribution < -0.4 is 4.74 Å². The largest absolute Gasteiger partial charge is 0.470 e. The van der Waals surface area contributed by atoms with E-state index < -0.39 is 0 Å². The highest BCUT2D eigenvalue weighted by atomic mass is 16.5. The van der Waals surface area contributed by atoms with Gasteiger partial charge in [0.15, 0.2) is 0 Å². The van der Waals surface area contributed by atoms with Gasteiger partial charge in [-0.05, 0) is 24.3 Å². The molecule has 1 aliphatic rings. The topological polar surface area (TPSA) is 79.1 Å². The number of pyridine rings is 2. The minimum Gasteiger partial charge on any atom is -0.470 e. The highest BCUT2D eigenvalue weighted by Gasteiger charge is 2.34. The van der Waals surface area contributed by atoms with Crippen molar-refractivity contribution in [1.29, 1.82) is 5.26 Å². The number of para-hydroxylation sites is 1. The number of ether oxygens (including phenoxy) is 1. The lowest BCUT2D eigenvalue weighted by Crippen LogP contribution is -2.56. The predicted octanol–water partition coefficient (Wildman–Crippen LogP) is 2.40. The molecule has 3 heterocycles. The van der Waals surface area contributed by atoms with Gasteiger partial charge in [-0.2, -0.15) is 5.26 Å². The fourth-order valence-corrected chi connectivity index (χ4v) is 2.75. The van der Waals surface area contributed by atoms with Gasteiger partial charge in [0.2, 0.25) is 5.88 Å². The van der Waals surface area contributed by atoms with Crippen LogP contribution in [0.5, 0.6) is 5.88 Å². The molecule has 6 nitrogen and oxygen atoms in total. The molecule has 122 valence electrons. The second kappa shape index (κ2) is 6.21. The van der Waals surface area contributed by atoms with Gasteiger partial charge in [-0.15, -0.1) is 0 Å². The summed E-state index contributed by atoms with van der Waals surface area (Å²) in [6.45, 7) is 0.906. The first-order valence-electron chi connectivity index (χ1n) is 7.91. The Labute approximate surface area is 144 Å². The van der Waals surface area contributed by atoms with Crippen LogP contribution in [0, 0.1) is 11.3 Å². The molecule has 0 unspecified atom stereocenters. The molecule has 25 heavy (non-hydrogen) atoms. The van der Waals surface area contributed by atoms with Crippen molar-refractivity contribution >= 4 is 16.8 Å². The van der Waals surface area contributed by atoms with E-state index in [9.17, 15) is 4.79 Å². The fourth-order valence-electron chi connectivity index (χ4n) is 2.75. The quantitative estimate of drug-likeness (QED) is 0.737. The Bertz CT molecular complexity index is 990. The zero-order valence-corrected chi connectivity index (χ0v) is 13.3. The first kappa shape index (κ1) is 15.1. The Hall–Kier alpha value is -3.46. The van der Waals surface area contributed by atoms with E-state index in [1.165, 1.54) is 0 Å². The standard InChI is InChI=1S/C19H14N4O2/c20-10-14-5-3-9-21-18(14)25-15-11-23(12-15)19(24)17-8-7-13-4-1-2-6-16(13)22-17/h1-9,15H,11-12H2. The molecular formula is C19H14N4O2. The normalized spacial score (nSPS) is 14.0. The summed E-state index contributed by atoms with van der Waals surface area (Å²) in [4.78, 5) is 22.7. The summed E-state index contributed by atoms with van der Waals surface area (Å²) in [5.41, 5.74) is 1.62. The number of likely N-dealkylation sites (tertiary alicyclic amines) is 1. The lowest BCUT2D eigenvalue weighted by molar-refractivity contribution is 0.0155. The van der Waals surface area contributed by atoms with Crippen molar-refractivity contribution in [3.8, 4) is 11.9 Å². The van der Waals surface area contributed by atoms with Crippen LogP contribution in [0.1, 0.15) is 16.1 Å². The Morgan fingerprint density at radius 2 is 2.00 bits per heavy atom. The number of fused-ring (bicyclic) bond motifs is 1. The maximum absolute atomic E-state index is 12.5. The van der Waals surface area contributed by atoms with Crippen LogP contribution in [0.3, 0.4) is 0 Å². The number of aromatic nitrogens is 2. The summed E-state index contributed by atoms with van der Waals surface area (Å²) >= 11 is 0. The van der Waals surface area contributed by atoms with Crippen molar-refractivity contribution in [3.63, 3.8) is 0 Å². The highest BCUT2D eigenvalue weighted by molar-refractivity contribution is 5.95. The number of nitriles is 1. The molecule has 6 heteroatoms. The number of benzene rings is 1. The molecule has 0 atom stereocenters. The number of rotatable bonds is 3. The summed E-state index contributed by atoms with van der Waals surface area (Å²) in [7, 11) is 0. The van der Waals surface area contributed by atoms with Crippen molar-refractivity contribution in [1.82, 2.24) is 14.9 Å². The molecule has 1 amide bonds. The third-order valence-electron chi connectivity index (χ3n) is 4.12. The average Bonchev–Trinajstić information content (AvgIpc) is 2.63. The maximum Gasteiger partial charge on any atom is 0.272 e. The smallest absolute Gasteiger partial charge is 0.272 e. The molecule has 1 aromatic carbocycles. The Morgan fingerprint density at radius 1 is 1.16 bits per heavy atom. The lowest BCUT2D eigenvalue weighted by atomic mass is 10.1. The molecule has 0 N–H and O–H groups in total. The summed E-state index contributed by atoms with van der Waals surface area (Å²) in [5, 5.41) is 10.1. The summed E-state index contributed by atoms with van der Waals surface area (Å²) in [5.74, 6) is 0.193. The third kappa shape index (κ3) is 2.88. The monoisotopic (exact) mass is 330 g/mol. The van der Waals surface area contributed by atoms with Gasteiger partial charge in [0.05, 0.1) is 18.6 Å². The molecule has 0 bridgehead atoms. The molecular weight excluding hydrogens is 316 g/mol.